The van der Waals surface area contributed by atoms with Crippen molar-refractivity contribution < 1.29 is 13.2 Å². The summed E-state index contributed by atoms with van der Waals surface area (Å²) in [5.74, 6) is 0.00658. The van der Waals surface area contributed by atoms with Crippen LogP contribution in [0.2, 0.25) is 0 Å². The van der Waals surface area contributed by atoms with E-state index in [0.29, 0.717) is 17.8 Å². The summed E-state index contributed by atoms with van der Waals surface area (Å²) in [6, 6.07) is 13.5. The van der Waals surface area contributed by atoms with Gasteiger partial charge in [0, 0.05) is 19.2 Å². The van der Waals surface area contributed by atoms with Gasteiger partial charge in [-0.05, 0) is 42.2 Å². The Morgan fingerprint density at radius 1 is 1.11 bits per heavy atom. The zero-order chi connectivity index (χ0) is 20.0. The van der Waals surface area contributed by atoms with Gasteiger partial charge in [0.1, 0.15) is 0 Å². The molecule has 0 aliphatic heterocycles. The van der Waals surface area contributed by atoms with Crippen LogP contribution in [0.5, 0.6) is 0 Å². The Bertz CT molecular complexity index is 892. The first-order valence-electron chi connectivity index (χ1n) is 9.23. The molecule has 0 aromatic heterocycles. The number of rotatable bonds is 8. The molecule has 6 heteroatoms. The molecule has 0 radical (unpaired) electrons. The number of hydrogen-bond acceptors (Lipinski definition) is 3. The van der Waals surface area contributed by atoms with Crippen LogP contribution in [0, 0.1) is 0 Å². The third-order valence-corrected chi connectivity index (χ3v) is 5.78. The predicted molar refractivity (Wildman–Crippen MR) is 110 cm³/mol. The highest BCUT2D eigenvalue weighted by Gasteiger charge is 2.19. The molecular weight excluding hydrogens is 360 g/mol. The van der Waals surface area contributed by atoms with Crippen LogP contribution >= 0.6 is 0 Å². The molecule has 0 heterocycles. The van der Waals surface area contributed by atoms with Gasteiger partial charge in [0.2, 0.25) is 0 Å². The molecule has 0 fully saturated rings. The molecular formula is C21H28N2O3S. The third-order valence-electron chi connectivity index (χ3n) is 4.41. The zero-order valence-corrected chi connectivity index (χ0v) is 17.2. The van der Waals surface area contributed by atoms with Crippen molar-refractivity contribution in [2.75, 3.05) is 18.3 Å². The van der Waals surface area contributed by atoms with Gasteiger partial charge in [0.25, 0.3) is 15.9 Å². The average molecular weight is 389 g/mol. The largest absolute Gasteiger partial charge is 0.342 e. The molecule has 0 saturated carbocycles. The van der Waals surface area contributed by atoms with Gasteiger partial charge in [-0.1, -0.05) is 51.5 Å². The fraction of sp³-hybridized carbons (Fsp3) is 0.381. The Hall–Kier alpha value is -2.34. The second kappa shape index (κ2) is 9.04. The van der Waals surface area contributed by atoms with Crippen molar-refractivity contribution in [3.05, 3.63) is 59.7 Å². The highest BCUT2D eigenvalue weighted by Crippen LogP contribution is 2.26. The molecule has 5 nitrogen and oxygen atoms in total. The molecule has 0 aliphatic rings. The number of sulfonamides is 1. The minimum absolute atomic E-state index is 0.0794. The van der Waals surface area contributed by atoms with Crippen molar-refractivity contribution in [3.63, 3.8) is 0 Å². The summed E-state index contributed by atoms with van der Waals surface area (Å²) in [4.78, 5) is 14.2. The van der Waals surface area contributed by atoms with Gasteiger partial charge < -0.3 is 4.90 Å². The van der Waals surface area contributed by atoms with E-state index in [1.54, 1.807) is 36.2 Å². The number of hydrogen-bond donors (Lipinski definition) is 1. The first-order valence-corrected chi connectivity index (χ1v) is 10.7. The van der Waals surface area contributed by atoms with Crippen LogP contribution in [-0.4, -0.2) is 32.8 Å². The summed E-state index contributed by atoms with van der Waals surface area (Å²) in [6.07, 6.45) is 1.90. The smallest absolute Gasteiger partial charge is 0.261 e. The van der Waals surface area contributed by atoms with E-state index in [0.717, 1.165) is 18.4 Å². The van der Waals surface area contributed by atoms with Gasteiger partial charge in [0.15, 0.2) is 0 Å². The Morgan fingerprint density at radius 3 is 2.48 bits per heavy atom. The van der Waals surface area contributed by atoms with Gasteiger partial charge >= 0.3 is 0 Å². The quantitative estimate of drug-likeness (QED) is 0.725. The van der Waals surface area contributed by atoms with E-state index >= 15 is 0 Å². The molecule has 0 aliphatic carbocycles. The summed E-state index contributed by atoms with van der Waals surface area (Å²) in [6.45, 7) is 6.73. The molecule has 27 heavy (non-hydrogen) atoms. The summed E-state index contributed by atoms with van der Waals surface area (Å²) in [5, 5.41) is 0. The number of nitrogens with zero attached hydrogens (tertiary/aromatic N) is 1. The Kier molecular flexibility index (Phi) is 7.02. The van der Waals surface area contributed by atoms with Crippen molar-refractivity contribution in [2.45, 2.75) is 44.4 Å². The maximum absolute atomic E-state index is 12.9. The molecule has 0 bridgehead atoms. The number of unbranched alkanes of at least 4 members (excludes halogenated alkanes) is 1. The summed E-state index contributed by atoms with van der Waals surface area (Å²) < 4.78 is 28.4. The number of para-hydroxylation sites is 1. The van der Waals surface area contributed by atoms with Crippen LogP contribution in [0.4, 0.5) is 5.69 Å². The minimum atomic E-state index is -3.79. The van der Waals surface area contributed by atoms with Crippen molar-refractivity contribution in [2.24, 2.45) is 0 Å². The molecule has 2 aromatic rings. The van der Waals surface area contributed by atoms with Crippen LogP contribution in [0.25, 0.3) is 0 Å². The molecule has 0 saturated heterocycles. The van der Waals surface area contributed by atoms with Crippen LogP contribution in [0.1, 0.15) is 55.5 Å². The molecule has 0 unspecified atom stereocenters. The summed E-state index contributed by atoms with van der Waals surface area (Å²) in [7, 11) is -2.06. The topological polar surface area (TPSA) is 66.5 Å². The second-order valence-electron chi connectivity index (χ2n) is 6.96. The van der Waals surface area contributed by atoms with Gasteiger partial charge in [-0.2, -0.15) is 0 Å². The number of carbonyl (C=O) groups excluding carboxylic acids is 1. The molecule has 1 N–H and O–H groups in total. The standard InChI is InChI=1S/C21H28N2O3S/c1-5-6-14-23(4)21(24)17-10-9-11-18(15-17)27(25,26)22-20-13-8-7-12-19(20)16(2)3/h7-13,15-16,22H,5-6,14H2,1-4H3. The predicted octanol–water partition coefficient (Wildman–Crippen LogP) is 4.48. The highest BCUT2D eigenvalue weighted by molar-refractivity contribution is 7.92. The molecule has 2 rings (SSSR count). The first-order chi connectivity index (χ1) is 12.8. The SMILES string of the molecule is CCCCN(C)C(=O)c1cccc(S(=O)(=O)Nc2ccccc2C(C)C)c1. The van der Waals surface area contributed by atoms with E-state index in [4.69, 9.17) is 0 Å². The Labute approximate surface area is 162 Å². The third kappa shape index (κ3) is 5.32. The maximum Gasteiger partial charge on any atom is 0.261 e. The second-order valence-corrected chi connectivity index (χ2v) is 8.64. The summed E-state index contributed by atoms with van der Waals surface area (Å²) in [5.41, 5.74) is 1.85. The van der Waals surface area contributed by atoms with Crippen molar-refractivity contribution in [1.29, 1.82) is 0 Å². The zero-order valence-electron chi connectivity index (χ0n) is 16.4. The van der Waals surface area contributed by atoms with Crippen molar-refractivity contribution in [1.82, 2.24) is 4.90 Å². The molecule has 0 spiro atoms. The number of benzene rings is 2. The van der Waals surface area contributed by atoms with Gasteiger partial charge in [0.05, 0.1) is 10.6 Å². The first kappa shape index (κ1) is 21.0. The Morgan fingerprint density at radius 2 is 1.81 bits per heavy atom. The van der Waals surface area contributed by atoms with Crippen molar-refractivity contribution in [3.8, 4) is 0 Å². The number of carbonyl (C=O) groups is 1. The number of nitrogens with one attached hydrogen (secondary N) is 1. The van der Waals surface area contributed by atoms with Gasteiger partial charge in [-0.25, -0.2) is 8.42 Å². The van der Waals surface area contributed by atoms with Gasteiger partial charge in [-0.3, -0.25) is 9.52 Å². The minimum Gasteiger partial charge on any atom is -0.342 e. The molecule has 1 amide bonds. The van der Waals surface area contributed by atoms with E-state index in [-0.39, 0.29) is 16.7 Å². The summed E-state index contributed by atoms with van der Waals surface area (Å²) >= 11 is 0. The lowest BCUT2D eigenvalue weighted by atomic mass is 10.0. The van der Waals surface area contributed by atoms with Crippen LogP contribution in [-0.2, 0) is 10.0 Å². The lowest BCUT2D eigenvalue weighted by Gasteiger charge is -2.18. The van der Waals surface area contributed by atoms with Crippen molar-refractivity contribution >= 4 is 21.6 Å². The van der Waals surface area contributed by atoms with E-state index in [1.165, 1.54) is 12.1 Å². The lowest BCUT2D eigenvalue weighted by molar-refractivity contribution is 0.0793. The number of anilines is 1. The molecule has 0 atom stereocenters. The highest BCUT2D eigenvalue weighted by atomic mass is 32.2. The van der Waals surface area contributed by atoms with Crippen LogP contribution < -0.4 is 4.72 Å². The lowest BCUT2D eigenvalue weighted by Crippen LogP contribution is -2.28. The fourth-order valence-electron chi connectivity index (χ4n) is 2.81. The van der Waals surface area contributed by atoms with E-state index in [9.17, 15) is 13.2 Å². The van der Waals surface area contributed by atoms with Gasteiger partial charge in [-0.15, -0.1) is 0 Å². The monoisotopic (exact) mass is 388 g/mol. The fourth-order valence-corrected chi connectivity index (χ4v) is 3.94. The molecule has 146 valence electrons. The maximum atomic E-state index is 12.9. The van der Waals surface area contributed by atoms with E-state index in [1.807, 2.05) is 26.0 Å². The van der Waals surface area contributed by atoms with E-state index < -0.39 is 10.0 Å². The average Bonchev–Trinajstić information content (AvgIpc) is 2.65. The molecule has 2 aromatic carbocycles. The van der Waals surface area contributed by atoms with Crippen LogP contribution in [0.15, 0.2) is 53.4 Å². The Balaban J connectivity index is 2.29. The van der Waals surface area contributed by atoms with Crippen LogP contribution in [0.3, 0.4) is 0 Å². The van der Waals surface area contributed by atoms with E-state index in [2.05, 4.69) is 11.6 Å². The normalized spacial score (nSPS) is 11.4. The number of amides is 1.